The molecule has 0 spiro atoms. The number of nitrogens with zero attached hydrogens (tertiary/aromatic N) is 1. The highest BCUT2D eigenvalue weighted by molar-refractivity contribution is 9.09. The molecule has 1 aromatic heterocycles. The number of nitrogens with one attached hydrogen (secondary N) is 1. The van der Waals surface area contributed by atoms with Crippen LogP contribution in [0.1, 0.15) is 23.8 Å². The van der Waals surface area contributed by atoms with Gasteiger partial charge in [0.05, 0.1) is 11.1 Å². The van der Waals surface area contributed by atoms with Gasteiger partial charge >= 0.3 is 0 Å². The van der Waals surface area contributed by atoms with Gasteiger partial charge in [-0.15, -0.1) is 0 Å². The zero-order valence-corrected chi connectivity index (χ0v) is 14.4. The third-order valence-corrected chi connectivity index (χ3v) is 5.54. The number of carbonyl (C=O) groups excluding carboxylic acids is 1. The Labute approximate surface area is 135 Å². The fraction of sp³-hybridized carbons (Fsp3) is 0.333. The first-order valence-corrected chi connectivity index (χ1v) is 8.68. The van der Waals surface area contributed by atoms with Crippen LogP contribution >= 0.6 is 31.9 Å². The number of para-hydroxylation sites is 1. The first-order valence-electron chi connectivity index (χ1n) is 6.44. The highest BCUT2D eigenvalue weighted by atomic mass is 79.9. The van der Waals surface area contributed by atoms with Gasteiger partial charge in [-0.25, -0.2) is 4.98 Å². The Bertz CT molecular complexity index is 603. The third-order valence-electron chi connectivity index (χ3n) is 3.40. The zero-order valence-electron chi connectivity index (χ0n) is 11.2. The lowest BCUT2D eigenvalue weighted by atomic mass is 10.0. The van der Waals surface area contributed by atoms with Crippen LogP contribution in [0.15, 0.2) is 36.4 Å². The van der Waals surface area contributed by atoms with Crippen molar-refractivity contribution < 1.29 is 4.79 Å². The van der Waals surface area contributed by atoms with Crippen molar-refractivity contribution in [1.29, 1.82) is 0 Å². The van der Waals surface area contributed by atoms with Crippen LogP contribution in [0.4, 0.5) is 0 Å². The topological polar surface area (TPSA) is 42.0 Å². The van der Waals surface area contributed by atoms with Gasteiger partial charge in [-0.3, -0.25) is 4.79 Å². The molecule has 2 aromatic rings. The van der Waals surface area contributed by atoms with Crippen LogP contribution in [-0.2, 0) is 0 Å². The third kappa shape index (κ3) is 3.20. The molecular formula is C15H16Br2N2O. The highest BCUT2D eigenvalue weighted by Gasteiger charge is 2.28. The number of hydrogen-bond donors (Lipinski definition) is 1. The van der Waals surface area contributed by atoms with Crippen molar-refractivity contribution in [3.05, 3.63) is 42.1 Å². The molecule has 20 heavy (non-hydrogen) atoms. The molecule has 1 N–H and O–H groups in total. The molecule has 0 radical (unpaired) electrons. The van der Waals surface area contributed by atoms with Gasteiger partial charge in [0.25, 0.3) is 5.91 Å². The van der Waals surface area contributed by atoms with Gasteiger partial charge < -0.3 is 5.32 Å². The van der Waals surface area contributed by atoms with Crippen LogP contribution in [0.25, 0.3) is 10.9 Å². The Balaban J connectivity index is 2.27. The molecule has 0 bridgehead atoms. The first-order chi connectivity index (χ1) is 9.64. The van der Waals surface area contributed by atoms with Crippen molar-refractivity contribution in [2.45, 2.75) is 18.9 Å². The van der Waals surface area contributed by atoms with Crippen molar-refractivity contribution >= 4 is 48.7 Å². The summed E-state index contributed by atoms with van der Waals surface area (Å²) in [6, 6.07) is 11.5. The number of halogens is 2. The second-order valence-corrected chi connectivity index (χ2v) is 5.87. The smallest absolute Gasteiger partial charge is 0.270 e. The van der Waals surface area contributed by atoms with E-state index < -0.39 is 0 Å². The largest absolute Gasteiger partial charge is 0.344 e. The highest BCUT2D eigenvalue weighted by Crippen LogP contribution is 2.18. The van der Waals surface area contributed by atoms with Crippen LogP contribution < -0.4 is 5.32 Å². The van der Waals surface area contributed by atoms with Crippen molar-refractivity contribution in [1.82, 2.24) is 10.3 Å². The van der Waals surface area contributed by atoms with Crippen LogP contribution in [0.3, 0.4) is 0 Å². The summed E-state index contributed by atoms with van der Waals surface area (Å²) in [5, 5.41) is 5.49. The lowest BCUT2D eigenvalue weighted by Gasteiger charge is -2.29. The maximum Gasteiger partial charge on any atom is 0.270 e. The monoisotopic (exact) mass is 398 g/mol. The Morgan fingerprint density at radius 1 is 1.20 bits per heavy atom. The molecule has 0 saturated carbocycles. The number of amides is 1. The fourth-order valence-electron chi connectivity index (χ4n) is 1.88. The summed E-state index contributed by atoms with van der Waals surface area (Å²) < 4.78 is 0. The molecule has 0 atom stereocenters. The molecule has 0 unspecified atom stereocenters. The summed E-state index contributed by atoms with van der Waals surface area (Å²) >= 11 is 6.94. The van der Waals surface area contributed by atoms with Gasteiger partial charge in [0.15, 0.2) is 0 Å². The Kier molecular flexibility index (Phi) is 5.16. The standard InChI is InChI=1S/C15H16Br2N2O/c1-2-15(9-16,10-17)19-14(20)13-8-7-11-5-3-4-6-12(11)18-13/h3-8H,2,9-10H2,1H3,(H,19,20). The molecular weight excluding hydrogens is 384 g/mol. The van der Waals surface area contributed by atoms with Gasteiger partial charge in [-0.1, -0.05) is 63.0 Å². The van der Waals surface area contributed by atoms with Gasteiger partial charge in [0.1, 0.15) is 5.69 Å². The molecule has 0 saturated heterocycles. The number of hydrogen-bond acceptors (Lipinski definition) is 2. The Morgan fingerprint density at radius 3 is 2.55 bits per heavy atom. The Morgan fingerprint density at radius 2 is 1.90 bits per heavy atom. The average molecular weight is 400 g/mol. The van der Waals surface area contributed by atoms with E-state index in [4.69, 9.17) is 0 Å². The molecule has 2 rings (SSSR count). The van der Waals surface area contributed by atoms with Crippen molar-refractivity contribution in [2.24, 2.45) is 0 Å². The summed E-state index contributed by atoms with van der Waals surface area (Å²) in [6.45, 7) is 2.05. The number of rotatable bonds is 5. The van der Waals surface area contributed by atoms with Gasteiger partial charge in [-0.05, 0) is 18.6 Å². The number of pyridine rings is 1. The van der Waals surface area contributed by atoms with Crippen molar-refractivity contribution in [3.8, 4) is 0 Å². The molecule has 0 aliphatic heterocycles. The van der Waals surface area contributed by atoms with E-state index in [1.54, 1.807) is 6.07 Å². The molecule has 1 aromatic carbocycles. The first kappa shape index (κ1) is 15.4. The molecule has 0 fully saturated rings. The minimum absolute atomic E-state index is 0.142. The van der Waals surface area contributed by atoms with E-state index >= 15 is 0 Å². The fourth-order valence-corrected chi connectivity index (χ4v) is 3.88. The summed E-state index contributed by atoms with van der Waals surface area (Å²) in [5.74, 6) is -0.142. The van der Waals surface area contributed by atoms with Gasteiger partial charge in [-0.2, -0.15) is 0 Å². The summed E-state index contributed by atoms with van der Waals surface area (Å²) in [6.07, 6.45) is 0.836. The minimum atomic E-state index is -0.287. The number of aromatic nitrogens is 1. The molecule has 0 aliphatic rings. The van der Waals surface area contributed by atoms with Crippen LogP contribution in [-0.4, -0.2) is 27.1 Å². The summed E-state index contributed by atoms with van der Waals surface area (Å²) in [5.41, 5.74) is 0.994. The van der Waals surface area contributed by atoms with E-state index in [-0.39, 0.29) is 11.4 Å². The lowest BCUT2D eigenvalue weighted by Crippen LogP contribution is -2.51. The maximum absolute atomic E-state index is 12.4. The average Bonchev–Trinajstić information content (AvgIpc) is 2.52. The van der Waals surface area contributed by atoms with E-state index in [9.17, 15) is 4.79 Å². The summed E-state index contributed by atoms with van der Waals surface area (Å²) in [4.78, 5) is 16.8. The normalized spacial score (nSPS) is 11.6. The molecule has 3 nitrogen and oxygen atoms in total. The second kappa shape index (κ2) is 6.68. The number of fused-ring (bicyclic) bond motifs is 1. The lowest BCUT2D eigenvalue weighted by molar-refractivity contribution is 0.0910. The maximum atomic E-state index is 12.4. The van der Waals surface area contributed by atoms with E-state index in [1.165, 1.54) is 0 Å². The van der Waals surface area contributed by atoms with Gasteiger partial charge in [0.2, 0.25) is 0 Å². The van der Waals surface area contributed by atoms with Crippen LogP contribution in [0.5, 0.6) is 0 Å². The predicted octanol–water partition coefficient (Wildman–Crippen LogP) is 3.90. The quantitative estimate of drug-likeness (QED) is 0.774. The molecule has 0 aliphatic carbocycles. The zero-order chi connectivity index (χ0) is 14.6. The van der Waals surface area contributed by atoms with E-state index in [2.05, 4.69) is 49.1 Å². The molecule has 106 valence electrons. The number of alkyl halides is 2. The molecule has 1 heterocycles. The van der Waals surface area contributed by atoms with Crippen molar-refractivity contribution in [3.63, 3.8) is 0 Å². The van der Waals surface area contributed by atoms with E-state index in [0.29, 0.717) is 16.4 Å². The Hall–Kier alpha value is -0.940. The SMILES string of the molecule is CCC(CBr)(CBr)NC(=O)c1ccc2ccccc2n1. The molecule has 1 amide bonds. The van der Waals surface area contributed by atoms with Crippen molar-refractivity contribution in [2.75, 3.05) is 10.7 Å². The van der Waals surface area contributed by atoms with Crippen LogP contribution in [0, 0.1) is 0 Å². The molecule has 5 heteroatoms. The van der Waals surface area contributed by atoms with E-state index in [0.717, 1.165) is 17.3 Å². The van der Waals surface area contributed by atoms with E-state index in [1.807, 2.05) is 30.3 Å². The van der Waals surface area contributed by atoms with Crippen LogP contribution in [0.2, 0.25) is 0 Å². The number of carbonyl (C=O) groups is 1. The second-order valence-electron chi connectivity index (χ2n) is 4.74. The number of benzene rings is 1. The summed E-state index contributed by atoms with van der Waals surface area (Å²) in [7, 11) is 0. The predicted molar refractivity (Wildman–Crippen MR) is 89.8 cm³/mol. The van der Waals surface area contributed by atoms with Gasteiger partial charge in [0, 0.05) is 16.0 Å². The minimum Gasteiger partial charge on any atom is -0.344 e.